The van der Waals surface area contributed by atoms with E-state index in [1.807, 2.05) is 4.90 Å². The summed E-state index contributed by atoms with van der Waals surface area (Å²) in [4.78, 5) is 17.0. The third-order valence-corrected chi connectivity index (χ3v) is 6.35. The van der Waals surface area contributed by atoms with Crippen LogP contribution in [0.15, 0.2) is 0 Å². The maximum atomic E-state index is 13.4. The van der Waals surface area contributed by atoms with Crippen LogP contribution < -0.4 is 0 Å². The van der Waals surface area contributed by atoms with Gasteiger partial charge in [-0.05, 0) is 38.6 Å². The molecule has 1 spiro atoms. The van der Waals surface area contributed by atoms with Gasteiger partial charge in [-0.25, -0.2) is 8.78 Å². The summed E-state index contributed by atoms with van der Waals surface area (Å²) in [7, 11) is 0. The Labute approximate surface area is 124 Å². The first-order chi connectivity index (χ1) is 10.0. The highest BCUT2D eigenvalue weighted by Crippen LogP contribution is 2.65. The highest BCUT2D eigenvalue weighted by molar-refractivity contribution is 5.79. The standard InChI is InChI=1S/C16H24F2N2O/c17-16(18)11-15(16)4-7-19(8-5-15)14(21)12-9-13-3-1-2-6-20(13)10-12/h12-13H,1-11H2. The van der Waals surface area contributed by atoms with Crippen molar-refractivity contribution in [2.75, 3.05) is 26.2 Å². The number of hydrogen-bond acceptors (Lipinski definition) is 2. The maximum absolute atomic E-state index is 13.4. The molecule has 3 heterocycles. The van der Waals surface area contributed by atoms with Crippen molar-refractivity contribution in [2.45, 2.75) is 56.9 Å². The summed E-state index contributed by atoms with van der Waals surface area (Å²) < 4.78 is 26.8. The molecule has 3 aliphatic heterocycles. The van der Waals surface area contributed by atoms with Crippen LogP contribution in [0, 0.1) is 11.3 Å². The van der Waals surface area contributed by atoms with Crippen molar-refractivity contribution >= 4 is 5.91 Å². The molecule has 0 N–H and O–H groups in total. The van der Waals surface area contributed by atoms with Gasteiger partial charge < -0.3 is 4.90 Å². The lowest BCUT2D eigenvalue weighted by Gasteiger charge is -2.33. The third-order valence-electron chi connectivity index (χ3n) is 6.35. The van der Waals surface area contributed by atoms with Gasteiger partial charge in [0.25, 0.3) is 5.92 Å². The molecular weight excluding hydrogens is 274 g/mol. The number of halogens is 2. The van der Waals surface area contributed by atoms with Gasteiger partial charge in [0.1, 0.15) is 0 Å². The van der Waals surface area contributed by atoms with Crippen LogP contribution in [-0.2, 0) is 4.79 Å². The van der Waals surface area contributed by atoms with Crippen molar-refractivity contribution in [3.63, 3.8) is 0 Å². The Balaban J connectivity index is 1.34. The number of likely N-dealkylation sites (tertiary alicyclic amines) is 1. The normalized spacial score (nSPS) is 37.5. The van der Waals surface area contributed by atoms with Crippen molar-refractivity contribution in [1.29, 1.82) is 0 Å². The molecule has 3 nitrogen and oxygen atoms in total. The molecule has 21 heavy (non-hydrogen) atoms. The summed E-state index contributed by atoms with van der Waals surface area (Å²) >= 11 is 0. The Morgan fingerprint density at radius 1 is 1.10 bits per heavy atom. The Kier molecular flexibility index (Phi) is 3.08. The Morgan fingerprint density at radius 2 is 1.81 bits per heavy atom. The lowest BCUT2D eigenvalue weighted by molar-refractivity contribution is -0.137. The summed E-state index contributed by atoms with van der Waals surface area (Å²) in [6.45, 7) is 3.09. The van der Waals surface area contributed by atoms with Gasteiger partial charge in [0.15, 0.2) is 0 Å². The second-order valence-corrected chi connectivity index (χ2v) is 7.56. The van der Waals surface area contributed by atoms with Crippen LogP contribution in [0.4, 0.5) is 8.78 Å². The minimum atomic E-state index is -2.46. The zero-order valence-corrected chi connectivity index (χ0v) is 12.5. The van der Waals surface area contributed by atoms with Crippen LogP contribution >= 0.6 is 0 Å². The number of hydrogen-bond donors (Lipinski definition) is 0. The Morgan fingerprint density at radius 3 is 2.43 bits per heavy atom. The van der Waals surface area contributed by atoms with Gasteiger partial charge in [0.2, 0.25) is 5.91 Å². The summed E-state index contributed by atoms with van der Waals surface area (Å²) in [5, 5.41) is 0. The second kappa shape index (κ2) is 4.64. The zero-order chi connectivity index (χ0) is 14.7. The minimum absolute atomic E-state index is 0.0430. The molecular formula is C16H24F2N2O. The van der Waals surface area contributed by atoms with Crippen molar-refractivity contribution in [3.8, 4) is 0 Å². The van der Waals surface area contributed by atoms with Crippen LogP contribution in [0.3, 0.4) is 0 Å². The molecule has 0 aromatic carbocycles. The van der Waals surface area contributed by atoms with E-state index in [4.69, 9.17) is 0 Å². The third kappa shape index (κ3) is 2.19. The number of carbonyl (C=O) groups excluding carboxylic acids is 1. The monoisotopic (exact) mass is 298 g/mol. The SMILES string of the molecule is O=C(C1CC2CCCCN2C1)N1CCC2(CC1)CC2(F)F. The number of amides is 1. The zero-order valence-electron chi connectivity index (χ0n) is 12.5. The lowest BCUT2D eigenvalue weighted by atomic mass is 9.91. The molecule has 1 saturated carbocycles. The molecule has 1 aliphatic carbocycles. The molecule has 1 amide bonds. The second-order valence-electron chi connectivity index (χ2n) is 7.56. The van der Waals surface area contributed by atoms with E-state index < -0.39 is 11.3 Å². The van der Waals surface area contributed by atoms with Crippen LogP contribution in [-0.4, -0.2) is 53.9 Å². The van der Waals surface area contributed by atoms with Gasteiger partial charge in [-0.15, -0.1) is 0 Å². The molecule has 5 heteroatoms. The van der Waals surface area contributed by atoms with Crippen molar-refractivity contribution < 1.29 is 13.6 Å². The van der Waals surface area contributed by atoms with E-state index in [0.29, 0.717) is 32.0 Å². The van der Waals surface area contributed by atoms with Crippen LogP contribution in [0.2, 0.25) is 0 Å². The Bertz CT molecular complexity index is 432. The topological polar surface area (TPSA) is 23.6 Å². The average molecular weight is 298 g/mol. The van der Waals surface area contributed by atoms with Gasteiger partial charge in [0.05, 0.1) is 5.92 Å². The summed E-state index contributed by atoms with van der Waals surface area (Å²) in [6, 6.07) is 0.594. The largest absolute Gasteiger partial charge is 0.342 e. The van der Waals surface area contributed by atoms with E-state index in [-0.39, 0.29) is 18.2 Å². The van der Waals surface area contributed by atoms with Crippen molar-refractivity contribution in [2.24, 2.45) is 11.3 Å². The number of fused-ring (bicyclic) bond motifs is 1. The summed E-state index contributed by atoms with van der Waals surface area (Å²) in [5.41, 5.74) is -0.753. The molecule has 3 saturated heterocycles. The maximum Gasteiger partial charge on any atom is 0.254 e. The number of piperidine rings is 2. The molecule has 4 fully saturated rings. The van der Waals surface area contributed by atoms with Crippen LogP contribution in [0.1, 0.15) is 44.9 Å². The van der Waals surface area contributed by atoms with E-state index in [1.54, 1.807) is 0 Å². The molecule has 118 valence electrons. The van der Waals surface area contributed by atoms with E-state index in [9.17, 15) is 13.6 Å². The molecule has 0 radical (unpaired) electrons. The average Bonchev–Trinajstić information content (AvgIpc) is 2.86. The minimum Gasteiger partial charge on any atom is -0.342 e. The van der Waals surface area contributed by atoms with E-state index in [1.165, 1.54) is 19.3 Å². The molecule has 2 unspecified atom stereocenters. The smallest absolute Gasteiger partial charge is 0.254 e. The molecule has 4 rings (SSSR count). The molecule has 0 aromatic heterocycles. The lowest BCUT2D eigenvalue weighted by Crippen LogP contribution is -2.44. The van der Waals surface area contributed by atoms with Gasteiger partial charge in [-0.1, -0.05) is 6.42 Å². The number of alkyl halides is 2. The first kappa shape index (κ1) is 13.9. The molecule has 0 aromatic rings. The molecule has 4 aliphatic rings. The van der Waals surface area contributed by atoms with Crippen molar-refractivity contribution in [3.05, 3.63) is 0 Å². The quantitative estimate of drug-likeness (QED) is 0.742. The van der Waals surface area contributed by atoms with Crippen LogP contribution in [0.5, 0.6) is 0 Å². The number of carbonyl (C=O) groups is 1. The van der Waals surface area contributed by atoms with Gasteiger partial charge in [-0.3, -0.25) is 9.69 Å². The van der Waals surface area contributed by atoms with E-state index in [0.717, 1.165) is 19.5 Å². The number of rotatable bonds is 1. The highest BCUT2D eigenvalue weighted by Gasteiger charge is 2.70. The number of nitrogens with zero attached hydrogens (tertiary/aromatic N) is 2. The predicted octanol–water partition coefficient (Wildman–Crippen LogP) is 2.51. The highest BCUT2D eigenvalue weighted by atomic mass is 19.3. The fourth-order valence-corrected chi connectivity index (χ4v) is 4.77. The van der Waals surface area contributed by atoms with Crippen LogP contribution in [0.25, 0.3) is 0 Å². The fourth-order valence-electron chi connectivity index (χ4n) is 4.77. The van der Waals surface area contributed by atoms with E-state index >= 15 is 0 Å². The molecule has 2 atom stereocenters. The summed E-state index contributed by atoms with van der Waals surface area (Å²) in [5.74, 6) is -2.12. The predicted molar refractivity (Wildman–Crippen MR) is 75.1 cm³/mol. The van der Waals surface area contributed by atoms with Gasteiger partial charge in [0, 0.05) is 37.5 Å². The van der Waals surface area contributed by atoms with Gasteiger partial charge in [-0.2, -0.15) is 0 Å². The van der Waals surface area contributed by atoms with Crippen molar-refractivity contribution in [1.82, 2.24) is 9.80 Å². The first-order valence-electron chi connectivity index (χ1n) is 8.41. The van der Waals surface area contributed by atoms with Gasteiger partial charge >= 0.3 is 0 Å². The Hall–Kier alpha value is -0.710. The van der Waals surface area contributed by atoms with E-state index in [2.05, 4.69) is 4.90 Å². The summed E-state index contributed by atoms with van der Waals surface area (Å²) in [6.07, 6.45) is 5.76. The first-order valence-corrected chi connectivity index (χ1v) is 8.41. The molecule has 0 bridgehead atoms. The fraction of sp³-hybridized carbons (Fsp3) is 0.938.